The molecule has 5 nitrogen and oxygen atoms in total. The number of nitrogens with one attached hydrogen (secondary N) is 1. The minimum atomic E-state index is -3.55. The van der Waals surface area contributed by atoms with E-state index in [0.717, 1.165) is 5.56 Å². The van der Waals surface area contributed by atoms with Crippen molar-refractivity contribution in [2.75, 3.05) is 18.4 Å². The van der Waals surface area contributed by atoms with E-state index >= 15 is 0 Å². The van der Waals surface area contributed by atoms with Gasteiger partial charge in [-0.25, -0.2) is 12.8 Å². The van der Waals surface area contributed by atoms with E-state index < -0.39 is 15.8 Å². The molecule has 7 heteroatoms. The van der Waals surface area contributed by atoms with Gasteiger partial charge in [0.1, 0.15) is 5.82 Å². The molecule has 2 aromatic rings. The monoisotopic (exact) mass is 388 g/mol. The number of carbonyl (C=O) groups is 1. The summed E-state index contributed by atoms with van der Waals surface area (Å²) in [6.45, 7) is 2.63. The Morgan fingerprint density at radius 1 is 1.22 bits per heavy atom. The van der Waals surface area contributed by atoms with Crippen LogP contribution in [0.3, 0.4) is 0 Å². The number of anilines is 1. The summed E-state index contributed by atoms with van der Waals surface area (Å²) in [6, 6.07) is 12.6. The molecule has 1 saturated carbocycles. The average molecular weight is 388 g/mol. The van der Waals surface area contributed by atoms with Crippen molar-refractivity contribution >= 4 is 21.6 Å². The number of aryl methyl sites for hydroxylation is 1. The maximum Gasteiger partial charge on any atom is 0.243 e. The molecule has 1 N–H and O–H groups in total. The van der Waals surface area contributed by atoms with Gasteiger partial charge in [0.15, 0.2) is 0 Å². The van der Waals surface area contributed by atoms with Crippen LogP contribution in [0.25, 0.3) is 0 Å². The molecule has 142 valence electrons. The fraction of sp³-hybridized carbons (Fsp3) is 0.350. The SMILES string of the molecule is Cc1cccc(S(=O)(=O)N2CC[C@@]3(C[C@@H]3C(=O)Nc3cccc(F)c3)C2)c1. The molecule has 1 aliphatic carbocycles. The van der Waals surface area contributed by atoms with Crippen LogP contribution in [-0.2, 0) is 14.8 Å². The highest BCUT2D eigenvalue weighted by Crippen LogP contribution is 2.59. The third-order valence-corrected chi connectivity index (χ3v) is 7.42. The van der Waals surface area contributed by atoms with Crippen LogP contribution in [0.2, 0.25) is 0 Å². The zero-order chi connectivity index (χ0) is 19.2. The molecule has 0 aromatic heterocycles. The predicted octanol–water partition coefficient (Wildman–Crippen LogP) is 3.17. The quantitative estimate of drug-likeness (QED) is 0.875. The van der Waals surface area contributed by atoms with E-state index in [0.29, 0.717) is 36.5 Å². The van der Waals surface area contributed by atoms with Gasteiger partial charge in [0, 0.05) is 24.7 Å². The first-order chi connectivity index (χ1) is 12.8. The Hall–Kier alpha value is -2.25. The lowest BCUT2D eigenvalue weighted by Crippen LogP contribution is -2.30. The largest absolute Gasteiger partial charge is 0.326 e. The van der Waals surface area contributed by atoms with E-state index in [1.807, 2.05) is 13.0 Å². The molecular formula is C20H21FN2O3S. The topological polar surface area (TPSA) is 66.5 Å². The van der Waals surface area contributed by atoms with Crippen LogP contribution >= 0.6 is 0 Å². The molecule has 4 rings (SSSR count). The molecule has 1 heterocycles. The number of nitrogens with zero attached hydrogens (tertiary/aromatic N) is 1. The normalized spacial score (nSPS) is 24.9. The Labute approximate surface area is 158 Å². The van der Waals surface area contributed by atoms with Gasteiger partial charge >= 0.3 is 0 Å². The number of rotatable bonds is 4. The minimum absolute atomic E-state index is 0.171. The summed E-state index contributed by atoms with van der Waals surface area (Å²) in [7, 11) is -3.55. The van der Waals surface area contributed by atoms with E-state index in [2.05, 4.69) is 5.32 Å². The first-order valence-corrected chi connectivity index (χ1v) is 10.4. The fourth-order valence-corrected chi connectivity index (χ4v) is 5.59. The molecule has 0 unspecified atom stereocenters. The first-order valence-electron chi connectivity index (χ1n) is 8.93. The Morgan fingerprint density at radius 2 is 2.00 bits per heavy atom. The minimum Gasteiger partial charge on any atom is -0.326 e. The average Bonchev–Trinajstić information content (AvgIpc) is 3.14. The van der Waals surface area contributed by atoms with Gasteiger partial charge in [0.2, 0.25) is 15.9 Å². The summed E-state index contributed by atoms with van der Waals surface area (Å²) >= 11 is 0. The fourth-order valence-electron chi connectivity index (χ4n) is 3.95. The van der Waals surface area contributed by atoms with Crippen molar-refractivity contribution in [1.29, 1.82) is 0 Å². The Balaban J connectivity index is 1.45. The highest BCUT2D eigenvalue weighted by molar-refractivity contribution is 7.89. The van der Waals surface area contributed by atoms with Crippen LogP contribution in [0.5, 0.6) is 0 Å². The second-order valence-corrected chi connectivity index (χ2v) is 9.46. The lowest BCUT2D eigenvalue weighted by Gasteiger charge is -2.17. The lowest BCUT2D eigenvalue weighted by molar-refractivity contribution is -0.118. The summed E-state index contributed by atoms with van der Waals surface area (Å²) in [5.74, 6) is -0.816. The van der Waals surface area contributed by atoms with E-state index in [1.165, 1.54) is 16.4 Å². The second-order valence-electron chi connectivity index (χ2n) is 7.52. The standard InChI is InChI=1S/C20H21FN2O3S/c1-14-4-2-7-17(10-14)27(25,26)23-9-8-20(13-23)12-18(20)19(24)22-16-6-3-5-15(21)11-16/h2-7,10-11,18H,8-9,12-13H2,1H3,(H,22,24)/t18-,20-/m1/s1. The zero-order valence-electron chi connectivity index (χ0n) is 15.0. The van der Waals surface area contributed by atoms with E-state index in [9.17, 15) is 17.6 Å². The number of hydrogen-bond donors (Lipinski definition) is 1. The highest BCUT2D eigenvalue weighted by atomic mass is 32.2. The Morgan fingerprint density at radius 3 is 2.74 bits per heavy atom. The molecule has 1 spiro atoms. The maximum atomic E-state index is 13.3. The molecule has 2 aliphatic rings. The third kappa shape index (κ3) is 3.37. The smallest absolute Gasteiger partial charge is 0.243 e. The van der Waals surface area contributed by atoms with Crippen molar-refractivity contribution in [3.05, 3.63) is 59.9 Å². The molecule has 0 radical (unpaired) electrons. The van der Waals surface area contributed by atoms with Gasteiger partial charge in [-0.15, -0.1) is 0 Å². The number of sulfonamides is 1. The van der Waals surface area contributed by atoms with Crippen LogP contribution < -0.4 is 5.32 Å². The van der Waals surface area contributed by atoms with Crippen molar-refractivity contribution in [3.63, 3.8) is 0 Å². The number of carbonyl (C=O) groups excluding carboxylic acids is 1. The summed E-state index contributed by atoms with van der Waals surface area (Å²) in [6.07, 6.45) is 1.33. The van der Waals surface area contributed by atoms with Crippen LogP contribution in [0.4, 0.5) is 10.1 Å². The van der Waals surface area contributed by atoms with Crippen molar-refractivity contribution in [3.8, 4) is 0 Å². The summed E-state index contributed by atoms with van der Waals surface area (Å²) in [5.41, 5.74) is 1.02. The van der Waals surface area contributed by atoms with Gasteiger partial charge in [-0.1, -0.05) is 18.2 Å². The van der Waals surface area contributed by atoms with Crippen molar-refractivity contribution in [2.45, 2.75) is 24.7 Å². The number of halogens is 1. The third-order valence-electron chi connectivity index (χ3n) is 5.58. The Bertz CT molecular complexity index is 1010. The second kappa shape index (κ2) is 6.42. The van der Waals surface area contributed by atoms with Crippen molar-refractivity contribution in [2.24, 2.45) is 11.3 Å². The molecule has 2 atom stereocenters. The summed E-state index contributed by atoms with van der Waals surface area (Å²) < 4.78 is 40.5. The van der Waals surface area contributed by atoms with Crippen LogP contribution in [-0.4, -0.2) is 31.7 Å². The predicted molar refractivity (Wildman–Crippen MR) is 100 cm³/mol. The Kier molecular flexibility index (Phi) is 4.31. The molecule has 1 amide bonds. The number of amides is 1. The lowest BCUT2D eigenvalue weighted by atomic mass is 10.0. The summed E-state index contributed by atoms with van der Waals surface area (Å²) in [4.78, 5) is 12.8. The van der Waals surface area contributed by atoms with Crippen molar-refractivity contribution < 1.29 is 17.6 Å². The molecular weight excluding hydrogens is 367 g/mol. The van der Waals surface area contributed by atoms with Gasteiger partial charge < -0.3 is 5.32 Å². The van der Waals surface area contributed by atoms with Gasteiger partial charge in [0.05, 0.1) is 4.90 Å². The molecule has 2 aromatic carbocycles. The van der Waals surface area contributed by atoms with Gasteiger partial charge in [-0.2, -0.15) is 4.31 Å². The first kappa shape index (κ1) is 18.1. The maximum absolute atomic E-state index is 13.3. The number of benzene rings is 2. The van der Waals surface area contributed by atoms with Gasteiger partial charge in [-0.05, 0) is 61.1 Å². The molecule has 1 aliphatic heterocycles. The van der Waals surface area contributed by atoms with E-state index in [-0.39, 0.29) is 17.2 Å². The van der Waals surface area contributed by atoms with Crippen LogP contribution in [0.1, 0.15) is 18.4 Å². The molecule has 2 fully saturated rings. The summed E-state index contributed by atoms with van der Waals surface area (Å²) in [5, 5.41) is 2.74. The van der Waals surface area contributed by atoms with Gasteiger partial charge in [-0.3, -0.25) is 4.79 Å². The van der Waals surface area contributed by atoms with E-state index in [4.69, 9.17) is 0 Å². The van der Waals surface area contributed by atoms with Crippen LogP contribution in [0.15, 0.2) is 53.4 Å². The molecule has 0 bridgehead atoms. The van der Waals surface area contributed by atoms with E-state index in [1.54, 1.807) is 30.3 Å². The zero-order valence-corrected chi connectivity index (χ0v) is 15.8. The molecule has 1 saturated heterocycles. The molecule has 27 heavy (non-hydrogen) atoms. The van der Waals surface area contributed by atoms with Crippen molar-refractivity contribution in [1.82, 2.24) is 4.31 Å². The van der Waals surface area contributed by atoms with Gasteiger partial charge in [0.25, 0.3) is 0 Å². The highest BCUT2D eigenvalue weighted by Gasteiger charge is 2.62. The van der Waals surface area contributed by atoms with Crippen LogP contribution in [0, 0.1) is 24.1 Å². The number of hydrogen-bond acceptors (Lipinski definition) is 3.